The van der Waals surface area contributed by atoms with Gasteiger partial charge in [0.2, 0.25) is 0 Å². The van der Waals surface area contributed by atoms with Crippen molar-refractivity contribution in [2.45, 2.75) is 6.61 Å². The predicted octanol–water partition coefficient (Wildman–Crippen LogP) is 3.92. The molecule has 0 spiro atoms. The molecule has 68 valence electrons. The van der Waals surface area contributed by atoms with Crippen LogP contribution in [0.2, 0.25) is 0 Å². The first-order valence-corrected chi connectivity index (χ1v) is 6.09. The van der Waals surface area contributed by atoms with Crippen molar-refractivity contribution in [3.05, 3.63) is 32.0 Å². The van der Waals surface area contributed by atoms with Gasteiger partial charge in [-0.2, -0.15) is 0 Å². The zero-order valence-corrected chi connectivity index (χ0v) is 10.5. The molecule has 0 saturated heterocycles. The maximum atomic E-state index is 8.98. The Morgan fingerprint density at radius 1 is 1.23 bits per heavy atom. The molecule has 0 saturated carbocycles. The largest absolute Gasteiger partial charge is 0.391 e. The Morgan fingerprint density at radius 2 is 2.00 bits per heavy atom. The summed E-state index contributed by atoms with van der Waals surface area (Å²) in [5.41, 5.74) is 0. The molecule has 1 aromatic carbocycles. The zero-order valence-electron chi connectivity index (χ0n) is 6.55. The maximum absolute atomic E-state index is 8.98. The van der Waals surface area contributed by atoms with Crippen molar-refractivity contribution in [2.24, 2.45) is 0 Å². The summed E-state index contributed by atoms with van der Waals surface area (Å²) in [7, 11) is 0. The summed E-state index contributed by atoms with van der Waals surface area (Å²) in [5, 5.41) is 10.1. The van der Waals surface area contributed by atoms with E-state index in [9.17, 15) is 0 Å². The summed E-state index contributed by atoms with van der Waals surface area (Å²) in [4.78, 5) is 0.994. The van der Waals surface area contributed by atoms with Crippen molar-refractivity contribution in [1.29, 1.82) is 0 Å². The average Bonchev–Trinajstić information content (AvgIpc) is 2.47. The van der Waals surface area contributed by atoms with Gasteiger partial charge in [-0.05, 0) is 39.5 Å². The Labute approximate surface area is 96.6 Å². The third-order valence-electron chi connectivity index (χ3n) is 1.74. The van der Waals surface area contributed by atoms with Gasteiger partial charge in [-0.3, -0.25) is 0 Å². The first kappa shape index (κ1) is 9.65. The van der Waals surface area contributed by atoms with Crippen LogP contribution in [0.4, 0.5) is 0 Å². The lowest BCUT2D eigenvalue weighted by Gasteiger charge is -1.94. The van der Waals surface area contributed by atoms with E-state index in [1.54, 1.807) is 11.3 Å². The van der Waals surface area contributed by atoms with Crippen LogP contribution in [0.15, 0.2) is 27.1 Å². The third-order valence-corrected chi connectivity index (χ3v) is 4.26. The molecule has 0 unspecified atom stereocenters. The minimum Gasteiger partial charge on any atom is -0.391 e. The molecule has 0 aliphatic carbocycles. The first-order chi connectivity index (χ1) is 6.20. The summed E-state index contributed by atoms with van der Waals surface area (Å²) in [6.07, 6.45) is 0. The molecule has 1 aromatic heterocycles. The van der Waals surface area contributed by atoms with Gasteiger partial charge in [-0.1, -0.05) is 15.9 Å². The summed E-state index contributed by atoms with van der Waals surface area (Å²) in [5.74, 6) is 0. The number of hydrogen-bond donors (Lipinski definition) is 1. The molecule has 1 nitrogen and oxygen atoms in total. The lowest BCUT2D eigenvalue weighted by atomic mass is 10.2. The number of aliphatic hydroxyl groups is 1. The Bertz CT molecular complexity index is 450. The van der Waals surface area contributed by atoms with Crippen LogP contribution in [0, 0.1) is 0 Å². The molecule has 0 radical (unpaired) electrons. The lowest BCUT2D eigenvalue weighted by Crippen LogP contribution is -1.70. The number of fused-ring (bicyclic) bond motifs is 1. The van der Waals surface area contributed by atoms with Gasteiger partial charge in [0.05, 0.1) is 6.61 Å². The zero-order chi connectivity index (χ0) is 9.42. The van der Waals surface area contributed by atoms with Crippen molar-refractivity contribution in [3.8, 4) is 0 Å². The number of aliphatic hydroxyl groups excluding tert-OH is 1. The lowest BCUT2D eigenvalue weighted by molar-refractivity contribution is 0.285. The topological polar surface area (TPSA) is 20.2 Å². The van der Waals surface area contributed by atoms with Crippen LogP contribution >= 0.6 is 43.2 Å². The van der Waals surface area contributed by atoms with Crippen LogP contribution < -0.4 is 0 Å². The molecule has 0 atom stereocenters. The highest BCUT2D eigenvalue weighted by Gasteiger charge is 2.05. The Hall–Kier alpha value is 0.1000. The number of rotatable bonds is 1. The van der Waals surface area contributed by atoms with Gasteiger partial charge in [0.1, 0.15) is 0 Å². The normalized spacial score (nSPS) is 11.0. The standard InChI is InChI=1S/C9H6Br2OS/c10-6-1-5-2-7(4-12)13-9(5)8(11)3-6/h1-3,12H,4H2. The van der Waals surface area contributed by atoms with E-state index in [-0.39, 0.29) is 6.61 Å². The highest BCUT2D eigenvalue weighted by atomic mass is 79.9. The molecule has 2 rings (SSSR count). The summed E-state index contributed by atoms with van der Waals surface area (Å²) < 4.78 is 3.31. The van der Waals surface area contributed by atoms with Gasteiger partial charge >= 0.3 is 0 Å². The van der Waals surface area contributed by atoms with Gasteiger partial charge in [0.25, 0.3) is 0 Å². The molecule has 0 bridgehead atoms. The van der Waals surface area contributed by atoms with Crippen molar-refractivity contribution in [2.75, 3.05) is 0 Å². The van der Waals surface area contributed by atoms with Gasteiger partial charge in [0.15, 0.2) is 0 Å². The molecule has 1 N–H and O–H groups in total. The van der Waals surface area contributed by atoms with E-state index in [2.05, 4.69) is 37.9 Å². The quantitative estimate of drug-likeness (QED) is 0.844. The molecular formula is C9H6Br2OS. The molecular weight excluding hydrogens is 316 g/mol. The average molecular weight is 322 g/mol. The van der Waals surface area contributed by atoms with E-state index >= 15 is 0 Å². The van der Waals surface area contributed by atoms with E-state index in [4.69, 9.17) is 5.11 Å². The second kappa shape index (κ2) is 3.69. The predicted molar refractivity (Wildman–Crippen MR) is 63.1 cm³/mol. The molecule has 2 aromatic rings. The fourth-order valence-corrected chi connectivity index (χ4v) is 3.61. The maximum Gasteiger partial charge on any atom is 0.0774 e. The Kier molecular flexibility index (Phi) is 2.74. The number of thiophene rings is 1. The number of hydrogen-bond acceptors (Lipinski definition) is 2. The van der Waals surface area contributed by atoms with Crippen LogP contribution in [0.1, 0.15) is 4.88 Å². The highest BCUT2D eigenvalue weighted by Crippen LogP contribution is 2.34. The van der Waals surface area contributed by atoms with E-state index in [1.807, 2.05) is 12.1 Å². The Morgan fingerprint density at radius 3 is 2.69 bits per heavy atom. The molecule has 0 fully saturated rings. The molecule has 0 amide bonds. The van der Waals surface area contributed by atoms with Crippen LogP contribution in [0.3, 0.4) is 0 Å². The minimum atomic E-state index is 0.114. The monoisotopic (exact) mass is 320 g/mol. The first-order valence-electron chi connectivity index (χ1n) is 3.69. The second-order valence-electron chi connectivity index (χ2n) is 2.68. The summed E-state index contributed by atoms with van der Waals surface area (Å²) in [6, 6.07) is 6.07. The van der Waals surface area contributed by atoms with Gasteiger partial charge in [-0.15, -0.1) is 11.3 Å². The smallest absolute Gasteiger partial charge is 0.0774 e. The number of benzene rings is 1. The highest BCUT2D eigenvalue weighted by molar-refractivity contribution is 9.11. The van der Waals surface area contributed by atoms with Gasteiger partial charge in [-0.25, -0.2) is 0 Å². The van der Waals surface area contributed by atoms with E-state index in [1.165, 1.54) is 4.70 Å². The minimum absolute atomic E-state index is 0.114. The van der Waals surface area contributed by atoms with Crippen molar-refractivity contribution in [1.82, 2.24) is 0 Å². The van der Waals surface area contributed by atoms with Crippen LogP contribution in [0.25, 0.3) is 10.1 Å². The van der Waals surface area contributed by atoms with Crippen molar-refractivity contribution < 1.29 is 5.11 Å². The van der Waals surface area contributed by atoms with Crippen LogP contribution in [-0.4, -0.2) is 5.11 Å². The van der Waals surface area contributed by atoms with Gasteiger partial charge < -0.3 is 5.11 Å². The Balaban J connectivity index is 2.75. The molecule has 0 aliphatic rings. The summed E-state index contributed by atoms with van der Waals surface area (Å²) in [6.45, 7) is 0.114. The fourth-order valence-electron chi connectivity index (χ4n) is 1.21. The van der Waals surface area contributed by atoms with E-state index in [0.29, 0.717) is 0 Å². The summed E-state index contributed by atoms with van der Waals surface area (Å²) >= 11 is 8.53. The van der Waals surface area contributed by atoms with E-state index in [0.717, 1.165) is 19.2 Å². The second-order valence-corrected chi connectivity index (χ2v) is 5.58. The molecule has 4 heteroatoms. The molecule has 13 heavy (non-hydrogen) atoms. The van der Waals surface area contributed by atoms with Crippen LogP contribution in [0.5, 0.6) is 0 Å². The van der Waals surface area contributed by atoms with Crippen LogP contribution in [-0.2, 0) is 6.61 Å². The number of halogens is 2. The van der Waals surface area contributed by atoms with Gasteiger partial charge in [0, 0.05) is 18.5 Å². The fraction of sp³-hybridized carbons (Fsp3) is 0.111. The van der Waals surface area contributed by atoms with Crippen molar-refractivity contribution in [3.63, 3.8) is 0 Å². The van der Waals surface area contributed by atoms with E-state index < -0.39 is 0 Å². The molecule has 1 heterocycles. The van der Waals surface area contributed by atoms with Crippen molar-refractivity contribution >= 4 is 53.3 Å². The third kappa shape index (κ3) is 1.81. The molecule has 0 aliphatic heterocycles. The SMILES string of the molecule is OCc1cc2cc(Br)cc(Br)c2s1.